The van der Waals surface area contributed by atoms with Crippen molar-refractivity contribution in [1.82, 2.24) is 0 Å². The molecule has 0 spiro atoms. The molecule has 9 aromatic rings. The minimum Gasteiger partial charge on any atom is -0.406 e. The van der Waals surface area contributed by atoms with Gasteiger partial charge in [0.15, 0.2) is 34.8 Å². The number of halogens is 19. The van der Waals surface area contributed by atoms with E-state index in [-0.39, 0.29) is 39.5 Å². The number of hydrogen-bond acceptors (Lipinski definition) is 3. The van der Waals surface area contributed by atoms with Gasteiger partial charge in [-0.25, -0.2) is 43.9 Å². The highest BCUT2D eigenvalue weighted by molar-refractivity contribution is 5.74. The smallest absolute Gasteiger partial charge is 0.406 e. The van der Waals surface area contributed by atoms with Crippen LogP contribution in [0.1, 0.15) is 279 Å². The van der Waals surface area contributed by atoms with E-state index in [9.17, 15) is 83.4 Å². The molecule has 0 heterocycles. The van der Waals surface area contributed by atoms with E-state index < -0.39 is 94.3 Å². The fraction of sp³-hybridized carbons (Fsp3) is 0.486. The third kappa shape index (κ3) is 27.1. The van der Waals surface area contributed by atoms with Crippen molar-refractivity contribution in [2.45, 2.75) is 276 Å². The molecule has 686 valence electrons. The summed E-state index contributed by atoms with van der Waals surface area (Å²) in [4.78, 5) is 0. The Morgan fingerprint density at radius 1 is 0.236 bits per heavy atom. The maximum Gasteiger partial charge on any atom is 0.573 e. The second kappa shape index (κ2) is 44.6. The molecular weight excluding hydrogens is 1670 g/mol. The minimum atomic E-state index is -5.25. The van der Waals surface area contributed by atoms with E-state index in [0.717, 1.165) is 127 Å². The molecule has 6 aliphatic carbocycles. The SMILES string of the molecule is CCCC1CCC(C2CCC(c3cc(F)c(-c4ccc(F)c(F)c4)c(F)c3)CC2)CC1.CCCC1CCC(C2CCC(c3ccc(OC(F)(F)F)cc3)CC2)CC1.CCCC1CCC(c2ccc(-c3cc(F)c(-c4ccc(OC(F)(F)F)c(F)c4)c(F)c3)cc2)CC1.CCCC1CCC(c2ccc(-c3ccc(-c4cc(F)c(OC(F)(F)F)c(F)c4)c(F)c3)cc2)CC1. The largest absolute Gasteiger partial charge is 0.573 e. The molecule has 6 saturated carbocycles. The average Bonchev–Trinajstić information content (AvgIpc) is 0.788. The van der Waals surface area contributed by atoms with E-state index in [1.807, 2.05) is 48.5 Å². The monoisotopic (exact) mass is 1780 g/mol. The molecular formula is C105H115F19O3. The predicted octanol–water partition coefficient (Wildman–Crippen LogP) is 35.1. The number of hydrogen-bond donors (Lipinski definition) is 0. The van der Waals surface area contributed by atoms with E-state index in [4.69, 9.17) is 0 Å². The molecule has 3 nitrogen and oxygen atoms in total. The third-order valence-electron chi connectivity index (χ3n) is 27.9. The van der Waals surface area contributed by atoms with Crippen molar-refractivity contribution in [3.8, 4) is 72.9 Å². The molecule has 0 N–H and O–H groups in total. The van der Waals surface area contributed by atoms with Gasteiger partial charge in [0, 0.05) is 5.56 Å². The zero-order valence-electron chi connectivity index (χ0n) is 72.6. The molecule has 9 aromatic carbocycles. The van der Waals surface area contributed by atoms with Crippen LogP contribution >= 0.6 is 0 Å². The van der Waals surface area contributed by atoms with Crippen molar-refractivity contribution >= 4 is 0 Å². The zero-order chi connectivity index (χ0) is 90.9. The Balaban J connectivity index is 0.000000155. The first kappa shape index (κ1) is 97.1. The maximum absolute atomic E-state index is 14.9. The van der Waals surface area contributed by atoms with Gasteiger partial charge < -0.3 is 14.2 Å². The lowest BCUT2D eigenvalue weighted by Gasteiger charge is -2.38. The van der Waals surface area contributed by atoms with Gasteiger partial charge in [-0.2, -0.15) is 0 Å². The van der Waals surface area contributed by atoms with Crippen molar-refractivity contribution in [3.05, 3.63) is 244 Å². The summed E-state index contributed by atoms with van der Waals surface area (Å²) < 4.78 is 265. The molecule has 0 amide bonds. The van der Waals surface area contributed by atoms with Crippen LogP contribution in [0.5, 0.6) is 17.2 Å². The van der Waals surface area contributed by atoms with E-state index in [2.05, 4.69) is 54.0 Å². The molecule has 15 rings (SSSR count). The van der Waals surface area contributed by atoms with Crippen LogP contribution in [0, 0.1) is 106 Å². The highest BCUT2D eigenvalue weighted by atomic mass is 19.4. The van der Waals surface area contributed by atoms with Crippen molar-refractivity contribution in [2.24, 2.45) is 47.3 Å². The van der Waals surface area contributed by atoms with Crippen LogP contribution in [0.4, 0.5) is 83.4 Å². The first-order valence-corrected chi connectivity index (χ1v) is 45.8. The van der Waals surface area contributed by atoms with Gasteiger partial charge in [0.1, 0.15) is 34.8 Å². The number of ether oxygens (including phenoxy) is 3. The summed E-state index contributed by atoms with van der Waals surface area (Å²) in [6.45, 7) is 8.99. The van der Waals surface area contributed by atoms with Gasteiger partial charge in [-0.3, -0.25) is 0 Å². The lowest BCUT2D eigenvalue weighted by molar-refractivity contribution is -0.277. The summed E-state index contributed by atoms with van der Waals surface area (Å²) in [5, 5.41) is 0. The van der Waals surface area contributed by atoms with Crippen molar-refractivity contribution in [2.75, 3.05) is 0 Å². The van der Waals surface area contributed by atoms with Gasteiger partial charge in [0.05, 0.1) is 11.1 Å². The van der Waals surface area contributed by atoms with E-state index in [1.165, 1.54) is 221 Å². The summed E-state index contributed by atoms with van der Waals surface area (Å²) >= 11 is 0. The molecule has 22 heteroatoms. The van der Waals surface area contributed by atoms with Gasteiger partial charge in [0.2, 0.25) is 5.75 Å². The highest BCUT2D eigenvalue weighted by Crippen LogP contribution is 2.50. The van der Waals surface area contributed by atoms with Crippen LogP contribution in [0.25, 0.3) is 55.6 Å². The van der Waals surface area contributed by atoms with Gasteiger partial charge in [-0.15, -0.1) is 39.5 Å². The maximum atomic E-state index is 14.9. The molecule has 127 heavy (non-hydrogen) atoms. The Morgan fingerprint density at radius 3 is 0.906 bits per heavy atom. The van der Waals surface area contributed by atoms with Crippen LogP contribution in [-0.4, -0.2) is 19.1 Å². The van der Waals surface area contributed by atoms with Crippen molar-refractivity contribution in [1.29, 1.82) is 0 Å². The standard InChI is InChI=1S/2C28H26F6O.C27H32F4.C22H31F3O/c1-2-3-17-4-6-18(7-5-17)19-8-10-20(11-9-19)22-15-24(30)27(25(31)16-22)21-12-13-26(23(29)14-21)35-28(32,33)34;1-2-3-17-4-6-18(7-5-17)19-8-10-20(11-9-19)21-12-13-23(24(29)14-21)22-15-25(30)27(26(31)16-22)35-28(32,33)34;1-2-3-17-4-6-18(7-5-17)19-8-10-20(11-9-19)22-15-25(30)27(26(31)16-22)21-12-13-23(28)24(29)14-21;1-2-3-16-4-6-17(7-5-16)18-8-10-19(11-9-18)20-12-14-21(15-13-20)26-22(23,24)25/h2*8-18H,2-7H2,1H3;12-20H,2-11H2,1H3;12-19H,2-11H2,1H3. The van der Waals surface area contributed by atoms with Crippen molar-refractivity contribution < 1.29 is 97.6 Å². The Hall–Kier alpha value is -8.95. The van der Waals surface area contributed by atoms with E-state index in [0.29, 0.717) is 64.3 Å². The Morgan fingerprint density at radius 2 is 0.535 bits per heavy atom. The van der Waals surface area contributed by atoms with E-state index >= 15 is 0 Å². The molecule has 6 fully saturated rings. The van der Waals surface area contributed by atoms with Gasteiger partial charge >= 0.3 is 19.1 Å². The van der Waals surface area contributed by atoms with Gasteiger partial charge in [-0.05, 0) is 339 Å². The molecule has 6 aliphatic rings. The van der Waals surface area contributed by atoms with Crippen LogP contribution in [0.15, 0.2) is 164 Å². The third-order valence-corrected chi connectivity index (χ3v) is 27.9. The summed E-state index contributed by atoms with van der Waals surface area (Å²) in [5.41, 5.74) is 5.28. The second-order valence-electron chi connectivity index (χ2n) is 36.2. The van der Waals surface area contributed by atoms with Gasteiger partial charge in [-0.1, -0.05) is 190 Å². The summed E-state index contributed by atoms with van der Waals surface area (Å²) in [6, 6.07) is 37.9. The first-order valence-electron chi connectivity index (χ1n) is 45.8. The number of benzene rings is 9. The van der Waals surface area contributed by atoms with Crippen LogP contribution < -0.4 is 14.2 Å². The fourth-order valence-corrected chi connectivity index (χ4v) is 21.3. The Bertz CT molecular complexity index is 4900. The van der Waals surface area contributed by atoms with Crippen LogP contribution in [-0.2, 0) is 0 Å². The summed E-state index contributed by atoms with van der Waals surface area (Å²) in [7, 11) is 0. The lowest BCUT2D eigenvalue weighted by atomic mass is 9.68. The first-order chi connectivity index (χ1) is 60.7. The number of rotatable bonds is 22. The molecule has 0 aromatic heterocycles. The van der Waals surface area contributed by atoms with Crippen LogP contribution in [0.3, 0.4) is 0 Å². The van der Waals surface area contributed by atoms with Gasteiger partial charge in [0.25, 0.3) is 0 Å². The Labute approximate surface area is 734 Å². The molecule has 0 bridgehead atoms. The second-order valence-corrected chi connectivity index (χ2v) is 36.2. The fourth-order valence-electron chi connectivity index (χ4n) is 21.3. The quantitative estimate of drug-likeness (QED) is 0.0633. The Kier molecular flexibility index (Phi) is 34.1. The van der Waals surface area contributed by atoms with Crippen molar-refractivity contribution in [3.63, 3.8) is 0 Å². The molecule has 0 aliphatic heterocycles. The lowest BCUT2D eigenvalue weighted by Crippen LogP contribution is -2.25. The summed E-state index contributed by atoms with van der Waals surface area (Å²) in [6.07, 6.45) is 25.1. The number of alkyl halides is 9. The molecule has 0 unspecified atom stereocenters. The summed E-state index contributed by atoms with van der Waals surface area (Å²) in [5.74, 6) is -4.95. The average molecular weight is 1790 g/mol. The normalized spacial score (nSPS) is 22.9. The topological polar surface area (TPSA) is 27.7 Å². The molecule has 0 saturated heterocycles. The minimum absolute atomic E-state index is 0.0165. The molecule has 0 radical (unpaired) electrons. The zero-order valence-corrected chi connectivity index (χ0v) is 72.6. The molecule has 0 atom stereocenters. The highest BCUT2D eigenvalue weighted by Gasteiger charge is 2.39. The van der Waals surface area contributed by atoms with E-state index in [1.54, 1.807) is 6.07 Å². The predicted molar refractivity (Wildman–Crippen MR) is 462 cm³/mol. The van der Waals surface area contributed by atoms with Crippen LogP contribution in [0.2, 0.25) is 0 Å².